The highest BCUT2D eigenvalue weighted by molar-refractivity contribution is 5.71. The molecule has 0 aliphatic rings. The molecule has 2 aromatic rings. The number of anilines is 1. The Bertz CT molecular complexity index is 443. The first-order valence-corrected chi connectivity index (χ1v) is 3.78. The number of nitrogens with zero attached hydrogens (tertiary/aromatic N) is 3. The van der Waals surface area contributed by atoms with Crippen LogP contribution in [0.4, 0.5) is 5.82 Å². The second-order valence-electron chi connectivity index (χ2n) is 2.60. The van der Waals surface area contributed by atoms with E-state index in [4.69, 9.17) is 10.8 Å². The van der Waals surface area contributed by atoms with E-state index in [1.165, 1.54) is 6.20 Å². The van der Waals surface area contributed by atoms with Crippen molar-refractivity contribution in [2.24, 2.45) is 0 Å². The number of pyridine rings is 1. The van der Waals surface area contributed by atoms with Crippen molar-refractivity contribution in [1.29, 1.82) is 0 Å². The predicted molar refractivity (Wildman–Crippen MR) is 47.7 cm³/mol. The average molecular weight is 176 g/mol. The Morgan fingerprint density at radius 3 is 2.92 bits per heavy atom. The van der Waals surface area contributed by atoms with Crippen LogP contribution >= 0.6 is 0 Å². The van der Waals surface area contributed by atoms with Crippen LogP contribution < -0.4 is 5.73 Å². The number of nitrogens with two attached hydrogens (primary N) is 1. The highest BCUT2D eigenvalue weighted by Gasteiger charge is 1.99. The van der Waals surface area contributed by atoms with E-state index < -0.39 is 0 Å². The monoisotopic (exact) mass is 176 g/mol. The molecule has 3 N–H and O–H groups in total. The molecule has 0 spiro atoms. The van der Waals surface area contributed by atoms with Crippen LogP contribution in [0.3, 0.4) is 0 Å². The number of aliphatic hydroxyl groups is 1. The maximum absolute atomic E-state index is 8.80. The van der Waals surface area contributed by atoms with Crippen molar-refractivity contribution in [2.45, 2.75) is 6.61 Å². The first-order chi connectivity index (χ1) is 6.29. The molecule has 0 saturated heterocycles. The lowest BCUT2D eigenvalue weighted by molar-refractivity contribution is 0.277. The normalized spacial score (nSPS) is 10.5. The van der Waals surface area contributed by atoms with E-state index in [9.17, 15) is 0 Å². The summed E-state index contributed by atoms with van der Waals surface area (Å²) in [6, 6.07) is 3.40. The van der Waals surface area contributed by atoms with Crippen molar-refractivity contribution in [3.63, 3.8) is 0 Å². The predicted octanol–water partition coefficient (Wildman–Crippen LogP) is 0.0993. The van der Waals surface area contributed by atoms with Crippen molar-refractivity contribution in [3.8, 4) is 0 Å². The molecule has 0 fully saturated rings. The molecule has 2 aromatic heterocycles. The van der Waals surface area contributed by atoms with Gasteiger partial charge in [-0.25, -0.2) is 9.97 Å². The third kappa shape index (κ3) is 1.41. The van der Waals surface area contributed by atoms with Crippen LogP contribution in [0.25, 0.3) is 11.2 Å². The van der Waals surface area contributed by atoms with Gasteiger partial charge in [0.25, 0.3) is 0 Å². The molecule has 0 aliphatic carbocycles. The van der Waals surface area contributed by atoms with E-state index in [-0.39, 0.29) is 6.61 Å². The molecule has 5 heteroatoms. The number of aromatic nitrogens is 3. The minimum Gasteiger partial charge on any atom is -0.390 e. The Morgan fingerprint density at radius 1 is 1.31 bits per heavy atom. The largest absolute Gasteiger partial charge is 0.390 e. The van der Waals surface area contributed by atoms with Gasteiger partial charge < -0.3 is 10.8 Å². The van der Waals surface area contributed by atoms with Crippen LogP contribution in [0.1, 0.15) is 5.69 Å². The van der Waals surface area contributed by atoms with E-state index in [0.717, 1.165) is 0 Å². The highest BCUT2D eigenvalue weighted by atomic mass is 16.3. The molecular weight excluding hydrogens is 168 g/mol. The SMILES string of the molecule is Nc1ccc2ncc(CO)nc2n1. The Hall–Kier alpha value is -1.75. The van der Waals surface area contributed by atoms with Crippen LogP contribution in [-0.4, -0.2) is 20.1 Å². The lowest BCUT2D eigenvalue weighted by Gasteiger charge is -1.98. The minimum atomic E-state index is -0.139. The van der Waals surface area contributed by atoms with Gasteiger partial charge in [-0.2, -0.15) is 0 Å². The molecule has 2 heterocycles. The van der Waals surface area contributed by atoms with Gasteiger partial charge in [0.05, 0.1) is 18.5 Å². The summed E-state index contributed by atoms with van der Waals surface area (Å²) in [5, 5.41) is 8.80. The maximum atomic E-state index is 8.80. The number of hydrogen-bond acceptors (Lipinski definition) is 5. The number of fused-ring (bicyclic) bond motifs is 1. The first kappa shape index (κ1) is 7.88. The second kappa shape index (κ2) is 2.95. The molecule has 5 nitrogen and oxygen atoms in total. The molecule has 0 amide bonds. The Morgan fingerprint density at radius 2 is 2.15 bits per heavy atom. The highest BCUT2D eigenvalue weighted by Crippen LogP contribution is 2.08. The van der Waals surface area contributed by atoms with Crippen molar-refractivity contribution in [3.05, 3.63) is 24.0 Å². The minimum absolute atomic E-state index is 0.139. The van der Waals surface area contributed by atoms with Crippen LogP contribution in [0.2, 0.25) is 0 Å². The van der Waals surface area contributed by atoms with Gasteiger partial charge in [-0.15, -0.1) is 0 Å². The Kier molecular flexibility index (Phi) is 1.79. The third-order valence-corrected chi connectivity index (χ3v) is 1.64. The van der Waals surface area contributed by atoms with E-state index in [1.807, 2.05) is 0 Å². The zero-order valence-electron chi connectivity index (χ0n) is 6.81. The molecule has 0 atom stereocenters. The smallest absolute Gasteiger partial charge is 0.180 e. The topological polar surface area (TPSA) is 84.9 Å². The summed E-state index contributed by atoms with van der Waals surface area (Å²) in [6.07, 6.45) is 1.51. The summed E-state index contributed by atoms with van der Waals surface area (Å²) < 4.78 is 0. The lowest BCUT2D eigenvalue weighted by Crippen LogP contribution is -1.96. The van der Waals surface area contributed by atoms with E-state index in [2.05, 4.69) is 15.0 Å². The van der Waals surface area contributed by atoms with Crippen molar-refractivity contribution in [2.75, 3.05) is 5.73 Å². The molecule has 0 aliphatic heterocycles. The average Bonchev–Trinajstić information content (AvgIpc) is 2.16. The van der Waals surface area contributed by atoms with Crippen LogP contribution in [-0.2, 0) is 6.61 Å². The van der Waals surface area contributed by atoms with Gasteiger partial charge in [0.2, 0.25) is 0 Å². The summed E-state index contributed by atoms with van der Waals surface area (Å²) in [5.74, 6) is 0.400. The van der Waals surface area contributed by atoms with Gasteiger partial charge in [0, 0.05) is 0 Å². The van der Waals surface area contributed by atoms with Gasteiger partial charge >= 0.3 is 0 Å². The van der Waals surface area contributed by atoms with E-state index in [0.29, 0.717) is 22.7 Å². The number of hydrogen-bond donors (Lipinski definition) is 2. The van der Waals surface area contributed by atoms with Gasteiger partial charge in [0.15, 0.2) is 5.65 Å². The number of aliphatic hydroxyl groups excluding tert-OH is 1. The quantitative estimate of drug-likeness (QED) is 0.643. The number of nitrogen functional groups attached to an aromatic ring is 1. The van der Waals surface area contributed by atoms with Gasteiger partial charge in [-0.1, -0.05) is 0 Å². The summed E-state index contributed by atoms with van der Waals surface area (Å²) in [7, 11) is 0. The fourth-order valence-corrected chi connectivity index (χ4v) is 1.02. The molecule has 13 heavy (non-hydrogen) atoms. The molecule has 66 valence electrons. The van der Waals surface area contributed by atoms with Gasteiger partial charge in [0.1, 0.15) is 11.3 Å². The molecular formula is C8H8N4O. The summed E-state index contributed by atoms with van der Waals surface area (Å²) in [4.78, 5) is 12.1. The second-order valence-corrected chi connectivity index (χ2v) is 2.60. The maximum Gasteiger partial charge on any atom is 0.180 e. The summed E-state index contributed by atoms with van der Waals surface area (Å²) in [6.45, 7) is -0.139. The fourth-order valence-electron chi connectivity index (χ4n) is 1.02. The van der Waals surface area contributed by atoms with Crippen molar-refractivity contribution < 1.29 is 5.11 Å². The fraction of sp³-hybridized carbons (Fsp3) is 0.125. The Balaban J connectivity index is 2.68. The molecule has 0 unspecified atom stereocenters. The molecule has 2 rings (SSSR count). The molecule has 0 saturated carbocycles. The Labute approximate surface area is 74.3 Å². The zero-order valence-corrected chi connectivity index (χ0v) is 6.81. The van der Waals surface area contributed by atoms with Crippen LogP contribution in [0, 0.1) is 0 Å². The molecule has 0 radical (unpaired) electrons. The summed E-state index contributed by atoms with van der Waals surface area (Å²) in [5.41, 5.74) is 7.10. The first-order valence-electron chi connectivity index (χ1n) is 3.78. The van der Waals surface area contributed by atoms with Crippen LogP contribution in [0.5, 0.6) is 0 Å². The van der Waals surface area contributed by atoms with Gasteiger partial charge in [-0.3, -0.25) is 4.98 Å². The number of rotatable bonds is 1. The van der Waals surface area contributed by atoms with Crippen molar-refractivity contribution >= 4 is 17.0 Å². The standard InChI is InChI=1S/C8H8N4O/c9-7-2-1-6-8(12-7)11-5(4-13)3-10-6/h1-3,13H,4H2,(H2,9,11,12). The zero-order chi connectivity index (χ0) is 9.26. The lowest BCUT2D eigenvalue weighted by atomic mass is 10.4. The third-order valence-electron chi connectivity index (χ3n) is 1.64. The van der Waals surface area contributed by atoms with Crippen LogP contribution in [0.15, 0.2) is 18.3 Å². The van der Waals surface area contributed by atoms with Gasteiger partial charge in [-0.05, 0) is 12.1 Å². The molecule has 0 bridgehead atoms. The molecule has 0 aromatic carbocycles. The van der Waals surface area contributed by atoms with Crippen molar-refractivity contribution in [1.82, 2.24) is 15.0 Å². The summed E-state index contributed by atoms with van der Waals surface area (Å²) >= 11 is 0. The van der Waals surface area contributed by atoms with E-state index >= 15 is 0 Å². The van der Waals surface area contributed by atoms with E-state index in [1.54, 1.807) is 12.1 Å².